The van der Waals surface area contributed by atoms with Gasteiger partial charge in [0, 0.05) is 6.42 Å². The van der Waals surface area contributed by atoms with Crippen LogP contribution in [0.25, 0.3) is 0 Å². The van der Waals surface area contributed by atoms with Crippen molar-refractivity contribution in [2.24, 2.45) is 46.3 Å². The Hall–Kier alpha value is -0.610. The van der Waals surface area contributed by atoms with E-state index in [1.807, 2.05) is 0 Å². The lowest BCUT2D eigenvalue weighted by molar-refractivity contribution is -0.172. The summed E-state index contributed by atoms with van der Waals surface area (Å²) >= 11 is 0. The summed E-state index contributed by atoms with van der Waals surface area (Å²) in [6, 6.07) is 0. The highest BCUT2D eigenvalue weighted by Gasteiger charge is 2.62. The summed E-state index contributed by atoms with van der Waals surface area (Å²) in [5.41, 5.74) is 0.463. The summed E-state index contributed by atoms with van der Waals surface area (Å²) in [4.78, 5) is 11.9. The van der Waals surface area contributed by atoms with Gasteiger partial charge in [-0.25, -0.2) is 0 Å². The first-order valence-electron chi connectivity index (χ1n) is 11.6. The van der Waals surface area contributed by atoms with E-state index >= 15 is 0 Å². The molecule has 0 heterocycles. The SMILES string of the molecule is COC(=O)C[C@@H](C)[C@H]1CCC2C3C[C@H](O)[C@@H]4C[C@H](O)CC[C@]4(C)C3CC[C@@]21C. The number of carbonyl (C=O) groups excluding carboxylic acids is 1. The van der Waals surface area contributed by atoms with Crippen molar-refractivity contribution in [2.75, 3.05) is 7.11 Å². The highest BCUT2D eigenvalue weighted by Crippen LogP contribution is 2.68. The zero-order valence-corrected chi connectivity index (χ0v) is 18.2. The summed E-state index contributed by atoms with van der Waals surface area (Å²) in [6.45, 7) is 7.13. The van der Waals surface area contributed by atoms with Crippen LogP contribution in [0.15, 0.2) is 0 Å². The van der Waals surface area contributed by atoms with Crippen LogP contribution in [-0.2, 0) is 9.53 Å². The summed E-state index contributed by atoms with van der Waals surface area (Å²) in [7, 11) is 1.49. The van der Waals surface area contributed by atoms with Gasteiger partial charge >= 0.3 is 5.97 Å². The van der Waals surface area contributed by atoms with Gasteiger partial charge in [-0.3, -0.25) is 4.79 Å². The van der Waals surface area contributed by atoms with Crippen molar-refractivity contribution in [1.29, 1.82) is 0 Å². The molecule has 4 saturated carbocycles. The minimum absolute atomic E-state index is 0.0857. The van der Waals surface area contributed by atoms with Crippen molar-refractivity contribution in [3.63, 3.8) is 0 Å². The molecule has 2 N–H and O–H groups in total. The summed E-state index contributed by atoms with van der Waals surface area (Å²) in [5, 5.41) is 21.3. The average molecular weight is 393 g/mol. The molecule has 0 amide bonds. The molecule has 0 radical (unpaired) electrons. The lowest BCUT2D eigenvalue weighted by Crippen LogP contribution is -2.58. The van der Waals surface area contributed by atoms with Crippen LogP contribution in [0.3, 0.4) is 0 Å². The zero-order chi connectivity index (χ0) is 20.3. The second-order valence-electron chi connectivity index (χ2n) is 11.2. The normalized spacial score (nSPS) is 51.6. The fourth-order valence-electron chi connectivity index (χ4n) is 8.74. The average Bonchev–Trinajstić information content (AvgIpc) is 3.00. The van der Waals surface area contributed by atoms with Gasteiger partial charge in [-0.2, -0.15) is 0 Å². The molecule has 10 atom stereocenters. The molecule has 0 saturated heterocycles. The Morgan fingerprint density at radius 3 is 2.39 bits per heavy atom. The molecule has 4 rings (SSSR count). The standard InChI is InChI=1S/C24H40O4/c1-14(11-22(27)28-4)17-5-6-18-16-13-21(26)20-12-15(25)7-9-24(20,3)19(16)8-10-23(17,18)2/h14-21,25-26H,5-13H2,1-4H3/t14-,15-,16?,17-,18?,19?,20+,21+,23-,24-/m1/s1. The molecule has 0 aromatic carbocycles. The van der Waals surface area contributed by atoms with Crippen LogP contribution in [0.2, 0.25) is 0 Å². The Balaban J connectivity index is 1.56. The molecule has 0 aromatic heterocycles. The molecule has 28 heavy (non-hydrogen) atoms. The summed E-state index contributed by atoms with van der Waals surface area (Å²) in [6.07, 6.45) is 8.61. The van der Waals surface area contributed by atoms with Crippen molar-refractivity contribution in [3.8, 4) is 0 Å². The quantitative estimate of drug-likeness (QED) is 0.707. The number of aliphatic hydroxyl groups is 2. The first kappa shape index (κ1) is 20.7. The van der Waals surface area contributed by atoms with Gasteiger partial charge in [-0.1, -0.05) is 20.8 Å². The molecule has 4 nitrogen and oxygen atoms in total. The Morgan fingerprint density at radius 1 is 1.00 bits per heavy atom. The third-order valence-electron chi connectivity index (χ3n) is 10.1. The van der Waals surface area contributed by atoms with Crippen LogP contribution in [0.1, 0.15) is 78.6 Å². The van der Waals surface area contributed by atoms with Gasteiger partial charge in [0.25, 0.3) is 0 Å². The van der Waals surface area contributed by atoms with Crippen LogP contribution in [0.5, 0.6) is 0 Å². The van der Waals surface area contributed by atoms with Gasteiger partial charge in [-0.05, 0) is 97.7 Å². The third kappa shape index (κ3) is 3.05. The number of esters is 1. The number of hydrogen-bond donors (Lipinski definition) is 2. The molecule has 4 aliphatic rings. The van der Waals surface area contributed by atoms with Gasteiger partial charge < -0.3 is 14.9 Å². The van der Waals surface area contributed by atoms with Crippen molar-refractivity contribution in [1.82, 2.24) is 0 Å². The highest BCUT2D eigenvalue weighted by atomic mass is 16.5. The van der Waals surface area contributed by atoms with E-state index in [4.69, 9.17) is 4.74 Å². The predicted molar refractivity (Wildman–Crippen MR) is 108 cm³/mol. The maximum absolute atomic E-state index is 11.9. The van der Waals surface area contributed by atoms with Crippen LogP contribution in [0.4, 0.5) is 0 Å². The maximum atomic E-state index is 11.9. The Labute approximate surface area is 170 Å². The molecule has 4 aliphatic carbocycles. The Morgan fingerprint density at radius 2 is 1.68 bits per heavy atom. The van der Waals surface area contributed by atoms with Crippen LogP contribution < -0.4 is 0 Å². The van der Waals surface area contributed by atoms with E-state index in [1.165, 1.54) is 32.8 Å². The molecular formula is C24H40O4. The summed E-state index contributed by atoms with van der Waals surface area (Å²) < 4.78 is 4.94. The fraction of sp³-hybridized carbons (Fsp3) is 0.958. The van der Waals surface area contributed by atoms with Crippen molar-refractivity contribution in [3.05, 3.63) is 0 Å². The minimum atomic E-state index is -0.268. The maximum Gasteiger partial charge on any atom is 0.305 e. The number of ether oxygens (including phenoxy) is 1. The molecule has 4 heteroatoms. The highest BCUT2D eigenvalue weighted by molar-refractivity contribution is 5.69. The Bertz CT molecular complexity index is 605. The van der Waals surface area contributed by atoms with E-state index in [-0.39, 0.29) is 34.9 Å². The number of rotatable bonds is 3. The number of carbonyl (C=O) groups is 1. The van der Waals surface area contributed by atoms with E-state index in [0.717, 1.165) is 25.7 Å². The molecule has 0 aliphatic heterocycles. The predicted octanol–water partition coefficient (Wildman–Crippen LogP) is 4.18. The number of aliphatic hydroxyl groups excluding tert-OH is 2. The first-order valence-corrected chi connectivity index (χ1v) is 11.6. The van der Waals surface area contributed by atoms with E-state index in [2.05, 4.69) is 20.8 Å². The number of hydrogen-bond acceptors (Lipinski definition) is 4. The van der Waals surface area contributed by atoms with Gasteiger partial charge in [0.05, 0.1) is 19.3 Å². The van der Waals surface area contributed by atoms with Crippen molar-refractivity contribution in [2.45, 2.75) is 90.8 Å². The molecule has 0 spiro atoms. The minimum Gasteiger partial charge on any atom is -0.469 e. The van der Waals surface area contributed by atoms with E-state index in [0.29, 0.717) is 36.0 Å². The van der Waals surface area contributed by atoms with E-state index in [1.54, 1.807) is 0 Å². The lowest BCUT2D eigenvalue weighted by atomic mass is 9.44. The van der Waals surface area contributed by atoms with Gasteiger partial charge in [0.1, 0.15) is 0 Å². The Kier molecular flexibility index (Phi) is 5.36. The number of fused-ring (bicyclic) bond motifs is 5. The molecule has 160 valence electrons. The molecule has 4 fully saturated rings. The van der Waals surface area contributed by atoms with Gasteiger partial charge in [-0.15, -0.1) is 0 Å². The molecule has 0 aromatic rings. The molecular weight excluding hydrogens is 352 g/mol. The first-order chi connectivity index (χ1) is 13.2. The van der Waals surface area contributed by atoms with Gasteiger partial charge in [0.2, 0.25) is 0 Å². The third-order valence-corrected chi connectivity index (χ3v) is 10.1. The number of methoxy groups -OCH3 is 1. The van der Waals surface area contributed by atoms with E-state index < -0.39 is 0 Å². The van der Waals surface area contributed by atoms with E-state index in [9.17, 15) is 15.0 Å². The molecule has 3 unspecified atom stereocenters. The monoisotopic (exact) mass is 392 g/mol. The van der Waals surface area contributed by atoms with Crippen molar-refractivity contribution < 1.29 is 19.7 Å². The van der Waals surface area contributed by atoms with Crippen LogP contribution in [0, 0.1) is 46.3 Å². The lowest BCUT2D eigenvalue weighted by Gasteiger charge is -2.62. The largest absolute Gasteiger partial charge is 0.469 e. The van der Waals surface area contributed by atoms with Gasteiger partial charge in [0.15, 0.2) is 0 Å². The summed E-state index contributed by atoms with van der Waals surface area (Å²) in [5.74, 6) is 3.06. The second kappa shape index (κ2) is 7.27. The molecule has 0 bridgehead atoms. The zero-order valence-electron chi connectivity index (χ0n) is 18.2. The topological polar surface area (TPSA) is 66.8 Å². The van der Waals surface area contributed by atoms with Crippen LogP contribution in [-0.4, -0.2) is 35.5 Å². The van der Waals surface area contributed by atoms with Crippen molar-refractivity contribution >= 4 is 5.97 Å². The van der Waals surface area contributed by atoms with Crippen LogP contribution >= 0.6 is 0 Å². The smallest absolute Gasteiger partial charge is 0.305 e. The fourth-order valence-corrected chi connectivity index (χ4v) is 8.74. The second-order valence-corrected chi connectivity index (χ2v) is 11.2.